The molecule has 0 unspecified atom stereocenters. The Bertz CT molecular complexity index is 1390. The number of halogens is 1. The van der Waals surface area contributed by atoms with Crippen LogP contribution < -0.4 is 10.9 Å². The van der Waals surface area contributed by atoms with Crippen LogP contribution in [0.15, 0.2) is 41.2 Å². The topological polar surface area (TPSA) is 76.9 Å². The first-order valence-electron chi connectivity index (χ1n) is 9.75. The molecule has 2 aromatic carbocycles. The first-order valence-corrected chi connectivity index (χ1v) is 10.9. The molecule has 0 aliphatic heterocycles. The summed E-state index contributed by atoms with van der Waals surface area (Å²) in [5.41, 5.74) is 5.19. The van der Waals surface area contributed by atoms with Gasteiger partial charge in [-0.05, 0) is 51.0 Å². The van der Waals surface area contributed by atoms with Crippen LogP contribution in [0, 0.1) is 27.7 Å². The Morgan fingerprint density at radius 2 is 1.87 bits per heavy atom. The van der Waals surface area contributed by atoms with Crippen molar-refractivity contribution in [2.45, 2.75) is 34.2 Å². The number of hydrogen-bond donors (Lipinski definition) is 1. The summed E-state index contributed by atoms with van der Waals surface area (Å²) in [7, 11) is 0. The first-order chi connectivity index (χ1) is 14.7. The Kier molecular flexibility index (Phi) is 5.64. The molecular formula is C23H21ClN4O2S. The second-order valence-corrected chi connectivity index (χ2v) is 9.16. The van der Waals surface area contributed by atoms with Gasteiger partial charge < -0.3 is 5.32 Å². The Morgan fingerprint density at radius 3 is 2.58 bits per heavy atom. The van der Waals surface area contributed by atoms with Crippen molar-refractivity contribution in [2.75, 3.05) is 5.32 Å². The van der Waals surface area contributed by atoms with E-state index in [1.165, 1.54) is 16.0 Å². The molecule has 0 aliphatic carbocycles. The van der Waals surface area contributed by atoms with Gasteiger partial charge in [-0.25, -0.2) is 9.67 Å². The van der Waals surface area contributed by atoms with Crippen molar-refractivity contribution in [1.82, 2.24) is 14.8 Å². The number of nitrogens with one attached hydrogen (secondary N) is 1. The van der Waals surface area contributed by atoms with E-state index in [1.54, 1.807) is 12.1 Å². The summed E-state index contributed by atoms with van der Waals surface area (Å²) in [6.07, 6.45) is 0. The fourth-order valence-electron chi connectivity index (χ4n) is 3.44. The molecule has 1 amide bonds. The molecule has 0 spiro atoms. The number of carbonyl (C=O) groups excluding carboxylic acids is 1. The predicted molar refractivity (Wildman–Crippen MR) is 126 cm³/mol. The summed E-state index contributed by atoms with van der Waals surface area (Å²) in [5.74, 6) is -0.368. The fraction of sp³-hybridized carbons (Fsp3) is 0.217. The van der Waals surface area contributed by atoms with Gasteiger partial charge in [0.15, 0.2) is 5.52 Å². The van der Waals surface area contributed by atoms with Crippen LogP contribution in [0.4, 0.5) is 5.69 Å². The molecule has 0 atom stereocenters. The second kappa shape index (κ2) is 8.24. The molecule has 8 heteroatoms. The van der Waals surface area contributed by atoms with E-state index in [1.807, 2.05) is 45.9 Å². The smallest absolute Gasteiger partial charge is 0.294 e. The number of carbonyl (C=O) groups is 1. The maximum atomic E-state index is 13.0. The van der Waals surface area contributed by atoms with E-state index in [9.17, 15) is 9.59 Å². The summed E-state index contributed by atoms with van der Waals surface area (Å²) in [6.45, 7) is 7.55. The number of fused-ring (bicyclic) bond motifs is 1. The van der Waals surface area contributed by atoms with Crippen LogP contribution in [-0.2, 0) is 11.3 Å². The molecule has 6 nitrogen and oxygen atoms in total. The van der Waals surface area contributed by atoms with Crippen LogP contribution in [-0.4, -0.2) is 20.7 Å². The van der Waals surface area contributed by atoms with Gasteiger partial charge in [-0.2, -0.15) is 5.10 Å². The zero-order chi connectivity index (χ0) is 22.3. The number of anilines is 1. The van der Waals surface area contributed by atoms with E-state index >= 15 is 0 Å². The zero-order valence-electron chi connectivity index (χ0n) is 17.6. The summed E-state index contributed by atoms with van der Waals surface area (Å²) < 4.78 is 1.91. The van der Waals surface area contributed by atoms with E-state index in [2.05, 4.69) is 21.5 Å². The van der Waals surface area contributed by atoms with Gasteiger partial charge in [-0.3, -0.25) is 9.59 Å². The molecule has 0 fully saturated rings. The molecule has 0 aliphatic rings. The molecule has 0 saturated carbocycles. The van der Waals surface area contributed by atoms with Crippen LogP contribution in [0.25, 0.3) is 21.5 Å². The second-order valence-electron chi connectivity index (χ2n) is 7.55. The lowest BCUT2D eigenvalue weighted by Crippen LogP contribution is -2.30. The molecule has 2 heterocycles. The van der Waals surface area contributed by atoms with E-state index in [0.717, 1.165) is 32.0 Å². The van der Waals surface area contributed by atoms with Crippen LogP contribution in [0.3, 0.4) is 0 Å². The molecule has 4 rings (SSSR count). The highest BCUT2D eigenvalue weighted by atomic mass is 35.5. The van der Waals surface area contributed by atoms with Crippen molar-refractivity contribution < 1.29 is 4.79 Å². The predicted octanol–water partition coefficient (Wildman–Crippen LogP) is 5.05. The average molecular weight is 453 g/mol. The van der Waals surface area contributed by atoms with Gasteiger partial charge in [0.2, 0.25) is 5.91 Å². The Morgan fingerprint density at radius 1 is 1.10 bits per heavy atom. The Labute approximate surface area is 188 Å². The highest BCUT2D eigenvalue weighted by Crippen LogP contribution is 2.31. The lowest BCUT2D eigenvalue weighted by atomic mass is 10.0. The number of aromatic nitrogens is 3. The van der Waals surface area contributed by atoms with Crippen LogP contribution in [0.2, 0.25) is 5.02 Å². The third-order valence-electron chi connectivity index (χ3n) is 4.99. The quantitative estimate of drug-likeness (QED) is 0.470. The molecule has 31 heavy (non-hydrogen) atoms. The third kappa shape index (κ3) is 4.24. The summed E-state index contributed by atoms with van der Waals surface area (Å²) in [6, 6.07) is 11.3. The van der Waals surface area contributed by atoms with Gasteiger partial charge in [-0.1, -0.05) is 41.4 Å². The summed E-state index contributed by atoms with van der Waals surface area (Å²) in [4.78, 5) is 30.1. The zero-order valence-corrected chi connectivity index (χ0v) is 19.2. The molecular weight excluding hydrogens is 432 g/mol. The van der Waals surface area contributed by atoms with Gasteiger partial charge in [0.25, 0.3) is 5.56 Å². The van der Waals surface area contributed by atoms with Gasteiger partial charge in [0, 0.05) is 16.3 Å². The van der Waals surface area contributed by atoms with Gasteiger partial charge in [0.1, 0.15) is 12.2 Å². The number of benzene rings is 2. The van der Waals surface area contributed by atoms with E-state index in [4.69, 9.17) is 11.6 Å². The van der Waals surface area contributed by atoms with Crippen LogP contribution in [0.1, 0.15) is 21.7 Å². The van der Waals surface area contributed by atoms with Crippen molar-refractivity contribution in [2.24, 2.45) is 0 Å². The normalized spacial score (nSPS) is 11.1. The van der Waals surface area contributed by atoms with Crippen molar-refractivity contribution >= 4 is 44.7 Å². The fourth-order valence-corrected chi connectivity index (χ4v) is 4.53. The number of nitrogens with zero attached hydrogens (tertiary/aromatic N) is 3. The number of amides is 1. The van der Waals surface area contributed by atoms with Gasteiger partial charge >= 0.3 is 0 Å². The first kappa shape index (κ1) is 21.2. The number of rotatable bonds is 4. The minimum absolute atomic E-state index is 0.227. The van der Waals surface area contributed by atoms with Crippen molar-refractivity contribution in [3.05, 3.63) is 73.5 Å². The van der Waals surface area contributed by atoms with Crippen molar-refractivity contribution in [1.29, 1.82) is 0 Å². The van der Waals surface area contributed by atoms with Gasteiger partial charge in [-0.15, -0.1) is 11.3 Å². The summed E-state index contributed by atoms with van der Waals surface area (Å²) in [5, 5.41) is 8.69. The van der Waals surface area contributed by atoms with Crippen molar-refractivity contribution in [3.63, 3.8) is 0 Å². The summed E-state index contributed by atoms with van der Waals surface area (Å²) >= 11 is 7.57. The number of aryl methyl sites for hydroxylation is 4. The lowest BCUT2D eigenvalue weighted by Gasteiger charge is -2.11. The lowest BCUT2D eigenvalue weighted by molar-refractivity contribution is -0.117. The van der Waals surface area contributed by atoms with Gasteiger partial charge in [0.05, 0.1) is 9.71 Å². The molecule has 158 valence electrons. The van der Waals surface area contributed by atoms with E-state index in [-0.39, 0.29) is 18.0 Å². The van der Waals surface area contributed by atoms with Crippen LogP contribution in [0.5, 0.6) is 0 Å². The maximum absolute atomic E-state index is 13.0. The maximum Gasteiger partial charge on any atom is 0.294 e. The minimum atomic E-state index is -0.384. The minimum Gasteiger partial charge on any atom is -0.324 e. The molecule has 0 bridgehead atoms. The molecule has 4 aromatic rings. The number of hydrogen-bond acceptors (Lipinski definition) is 5. The standard InChI is InChI=1S/C23H21ClN4O2S/c1-12-5-8-17(14(3)9-12)20-22-21(25-15(4)31-22)23(30)28(27-20)11-19(29)26-16-7-6-13(2)18(24)10-16/h5-10H,11H2,1-4H3,(H,26,29). The Hall–Kier alpha value is -3.03. The monoisotopic (exact) mass is 452 g/mol. The van der Waals surface area contributed by atoms with Crippen LogP contribution >= 0.6 is 22.9 Å². The Balaban J connectivity index is 1.75. The van der Waals surface area contributed by atoms with Crippen molar-refractivity contribution in [3.8, 4) is 11.3 Å². The SMILES string of the molecule is Cc1ccc(-c2nn(CC(=O)Nc3ccc(C)c(Cl)c3)c(=O)c3nc(C)sc23)c(C)c1. The molecule has 2 aromatic heterocycles. The number of thiazole rings is 1. The highest BCUT2D eigenvalue weighted by Gasteiger charge is 2.19. The molecule has 1 N–H and O–H groups in total. The van der Waals surface area contributed by atoms with E-state index < -0.39 is 0 Å². The largest absolute Gasteiger partial charge is 0.324 e. The molecule has 0 saturated heterocycles. The average Bonchev–Trinajstić information content (AvgIpc) is 3.09. The van der Waals surface area contributed by atoms with E-state index in [0.29, 0.717) is 21.9 Å². The third-order valence-corrected chi connectivity index (χ3v) is 6.38. The highest BCUT2D eigenvalue weighted by molar-refractivity contribution is 7.19. The molecule has 0 radical (unpaired) electrons.